The molecule has 0 spiro atoms. The molecule has 4 rings (SSSR count). The second-order valence-electron chi connectivity index (χ2n) is 7.65. The van der Waals surface area contributed by atoms with Crippen LogP contribution in [0.1, 0.15) is 33.1 Å². The molecule has 0 aliphatic carbocycles. The number of aliphatic hydroxyl groups is 1. The van der Waals surface area contributed by atoms with E-state index >= 15 is 0 Å². The van der Waals surface area contributed by atoms with Gasteiger partial charge in [0.1, 0.15) is 11.6 Å². The van der Waals surface area contributed by atoms with Gasteiger partial charge in [0.15, 0.2) is 0 Å². The third-order valence-electron chi connectivity index (χ3n) is 5.56. The predicted octanol–water partition coefficient (Wildman–Crippen LogP) is 5.85. The highest BCUT2D eigenvalue weighted by molar-refractivity contribution is 9.09. The van der Waals surface area contributed by atoms with Gasteiger partial charge in [-0.15, -0.1) is 0 Å². The summed E-state index contributed by atoms with van der Waals surface area (Å²) >= 11 is 3.42. The number of halogens is 1. The van der Waals surface area contributed by atoms with Crippen molar-refractivity contribution in [3.05, 3.63) is 144 Å². The lowest BCUT2D eigenvalue weighted by Gasteiger charge is -2.35. The third kappa shape index (κ3) is 5.06. The number of alkyl halides is 1. The summed E-state index contributed by atoms with van der Waals surface area (Å²) in [5, 5.41) is 12.3. The van der Waals surface area contributed by atoms with Gasteiger partial charge in [0.05, 0.1) is 4.79 Å². The molecule has 0 fully saturated rings. The summed E-state index contributed by atoms with van der Waals surface area (Å²) in [4.78, 5) is 17.8. The molecule has 2 N–H and O–H groups in total. The van der Waals surface area contributed by atoms with Crippen molar-refractivity contribution in [2.75, 3.05) is 0 Å². The van der Waals surface area contributed by atoms with E-state index in [-0.39, 0.29) is 0 Å². The zero-order valence-electron chi connectivity index (χ0n) is 17.8. The van der Waals surface area contributed by atoms with Crippen molar-refractivity contribution >= 4 is 21.9 Å². The van der Waals surface area contributed by atoms with Crippen LogP contribution in [-0.2, 0) is 15.2 Å². The molecule has 0 bridgehead atoms. The van der Waals surface area contributed by atoms with Gasteiger partial charge in [-0.05, 0) is 27.7 Å². The molecule has 2 atom stereocenters. The van der Waals surface area contributed by atoms with Gasteiger partial charge >= 0.3 is 5.97 Å². The summed E-state index contributed by atoms with van der Waals surface area (Å²) in [6.45, 7) is 0. The van der Waals surface area contributed by atoms with Crippen LogP contribution in [0.5, 0.6) is 0 Å². The molecule has 0 saturated carbocycles. The predicted molar refractivity (Wildman–Crippen MR) is 132 cm³/mol. The van der Waals surface area contributed by atoms with Gasteiger partial charge in [0.25, 0.3) is 0 Å². The SMILES string of the molecule is [O+]=C(ON[C@H](c1ccccc1)C(O)(c1ccccc1)c1ccccc1)[C@H](Br)c1ccccc1. The third-order valence-corrected chi connectivity index (χ3v) is 6.46. The van der Waals surface area contributed by atoms with Crippen LogP contribution in [0, 0.1) is 0 Å². The fourth-order valence-corrected chi connectivity index (χ4v) is 4.25. The number of benzene rings is 4. The average molecular weight is 502 g/mol. The Morgan fingerprint density at radius 1 is 0.697 bits per heavy atom. The summed E-state index contributed by atoms with van der Waals surface area (Å²) in [6, 6.07) is 36.8. The number of carbonyl (C=O) groups excluding carboxylic acids is 1. The van der Waals surface area contributed by atoms with E-state index in [1.807, 2.05) is 121 Å². The van der Waals surface area contributed by atoms with E-state index in [4.69, 9.17) is 4.84 Å². The fraction of sp³-hybridized carbons (Fsp3) is 0.107. The van der Waals surface area contributed by atoms with Gasteiger partial charge in [-0.1, -0.05) is 137 Å². The minimum Gasteiger partial charge on any atom is -0.378 e. The molecule has 0 saturated heterocycles. The summed E-state index contributed by atoms with van der Waals surface area (Å²) < 4.78 is 0. The Bertz CT molecular complexity index is 1120. The standard InChI is InChI=1S/C28H24BrNO3/c29-25(21-13-5-1-6-14-21)27(31)33-30-26(22-15-7-2-8-16-22)28(32,23-17-9-3-10-18-23)24-19-11-4-12-20-24/h1-20,25-26,30,32H/q+1/t25-,26-/m1/s1. The minimum atomic E-state index is -1.52. The monoisotopic (exact) mass is 501 g/mol. The molecule has 4 aromatic carbocycles. The Morgan fingerprint density at radius 3 is 1.55 bits per heavy atom. The summed E-state index contributed by atoms with van der Waals surface area (Å²) in [7, 11) is 0. The molecule has 0 heterocycles. The van der Waals surface area contributed by atoms with E-state index in [2.05, 4.69) is 21.4 Å². The number of rotatable bonds is 8. The molecule has 5 heteroatoms. The first-order valence-corrected chi connectivity index (χ1v) is 11.6. The Kier molecular flexibility index (Phi) is 7.35. The summed E-state index contributed by atoms with van der Waals surface area (Å²) in [5.41, 5.74) is 4.28. The number of carbonyl (C=O) groups is 1. The molecule has 165 valence electrons. The van der Waals surface area contributed by atoms with Crippen molar-refractivity contribution in [1.82, 2.24) is 5.48 Å². The number of nitrogens with one attached hydrogen (secondary N) is 1. The molecule has 4 nitrogen and oxygen atoms in total. The lowest BCUT2D eigenvalue weighted by atomic mass is 9.77. The van der Waals surface area contributed by atoms with Crippen molar-refractivity contribution in [2.45, 2.75) is 16.5 Å². The van der Waals surface area contributed by atoms with Crippen LogP contribution < -0.4 is 5.48 Å². The number of hydrogen-bond acceptors (Lipinski definition) is 4. The quantitative estimate of drug-likeness (QED) is 0.180. The van der Waals surface area contributed by atoms with E-state index < -0.39 is 22.4 Å². The zero-order chi connectivity index (χ0) is 23.1. The van der Waals surface area contributed by atoms with Gasteiger partial charge in [0.2, 0.25) is 4.83 Å². The topological polar surface area (TPSA) is 61.4 Å². The van der Waals surface area contributed by atoms with Crippen LogP contribution in [0.4, 0.5) is 0 Å². The van der Waals surface area contributed by atoms with Crippen molar-refractivity contribution in [3.63, 3.8) is 0 Å². The normalized spacial score (nSPS) is 13.2. The lowest BCUT2D eigenvalue weighted by molar-refractivity contribution is -0.156. The first-order valence-electron chi connectivity index (χ1n) is 10.6. The summed E-state index contributed by atoms with van der Waals surface area (Å²) in [6.07, 6.45) is 0. The van der Waals surface area contributed by atoms with Crippen LogP contribution in [0.15, 0.2) is 121 Å². The molecule has 0 aliphatic heterocycles. The first-order chi connectivity index (χ1) is 16.1. The van der Waals surface area contributed by atoms with Crippen LogP contribution in [-0.4, -0.2) is 11.1 Å². The molecule has 0 aliphatic rings. The highest BCUT2D eigenvalue weighted by atomic mass is 79.9. The van der Waals surface area contributed by atoms with Crippen LogP contribution >= 0.6 is 15.9 Å². The number of hydrogen-bond donors (Lipinski definition) is 2. The zero-order valence-corrected chi connectivity index (χ0v) is 19.4. The second-order valence-corrected chi connectivity index (χ2v) is 8.57. The molecule has 0 aromatic heterocycles. The van der Waals surface area contributed by atoms with Gasteiger partial charge in [-0.25, -0.2) is 0 Å². The van der Waals surface area contributed by atoms with Gasteiger partial charge in [0, 0.05) is 0 Å². The molecule has 1 radical (unpaired) electrons. The van der Waals surface area contributed by atoms with E-state index in [9.17, 15) is 9.90 Å². The second kappa shape index (κ2) is 10.6. The highest BCUT2D eigenvalue weighted by Crippen LogP contribution is 2.41. The van der Waals surface area contributed by atoms with Gasteiger partial charge in [-0.2, -0.15) is 4.84 Å². The van der Waals surface area contributed by atoms with Crippen molar-refractivity contribution in [3.8, 4) is 0 Å². The Balaban J connectivity index is 1.72. The van der Waals surface area contributed by atoms with Gasteiger partial charge < -0.3 is 5.11 Å². The van der Waals surface area contributed by atoms with Crippen LogP contribution in [0.25, 0.3) is 0 Å². The van der Waals surface area contributed by atoms with E-state index in [0.29, 0.717) is 11.1 Å². The van der Waals surface area contributed by atoms with Crippen molar-refractivity contribution < 1.29 is 14.7 Å². The van der Waals surface area contributed by atoms with Crippen molar-refractivity contribution in [1.29, 1.82) is 0 Å². The molecule has 33 heavy (non-hydrogen) atoms. The lowest BCUT2D eigenvalue weighted by Crippen LogP contribution is -2.43. The maximum atomic E-state index is 12.9. The Morgan fingerprint density at radius 2 is 1.09 bits per heavy atom. The first kappa shape index (κ1) is 22.9. The van der Waals surface area contributed by atoms with Crippen molar-refractivity contribution in [2.24, 2.45) is 0 Å². The molecular weight excluding hydrogens is 478 g/mol. The van der Waals surface area contributed by atoms with E-state index in [1.54, 1.807) is 0 Å². The number of hydroxylamine groups is 1. The maximum absolute atomic E-state index is 12.9. The minimum absolute atomic E-state index is 0.509. The average Bonchev–Trinajstić information content (AvgIpc) is 2.90. The van der Waals surface area contributed by atoms with Crippen LogP contribution in [0.2, 0.25) is 0 Å². The fourth-order valence-electron chi connectivity index (χ4n) is 3.85. The van der Waals surface area contributed by atoms with Crippen LogP contribution in [0.3, 0.4) is 0 Å². The Hall–Kier alpha value is -3.25. The van der Waals surface area contributed by atoms with E-state index in [1.165, 1.54) is 0 Å². The maximum Gasteiger partial charge on any atom is 0.615 e. The summed E-state index contributed by atoms with van der Waals surface area (Å²) in [5.74, 6) is -0.509. The molecule has 4 aromatic rings. The highest BCUT2D eigenvalue weighted by Gasteiger charge is 2.45. The van der Waals surface area contributed by atoms with Gasteiger partial charge in [-0.3, -0.25) is 0 Å². The molecule has 0 unspecified atom stereocenters. The molecular formula is C28H24BrNO3+. The molecule has 0 amide bonds. The largest absolute Gasteiger partial charge is 0.615 e. The smallest absolute Gasteiger partial charge is 0.378 e. The van der Waals surface area contributed by atoms with E-state index in [0.717, 1.165) is 11.1 Å². The Labute approximate surface area is 202 Å².